The van der Waals surface area contributed by atoms with E-state index in [9.17, 15) is 22.0 Å². The van der Waals surface area contributed by atoms with Gasteiger partial charge in [0.25, 0.3) is 10.0 Å². The molecule has 1 heterocycles. The number of hydrogen-bond acceptors (Lipinski definition) is 6. The molecule has 3 aromatic rings. The summed E-state index contributed by atoms with van der Waals surface area (Å²) in [6.45, 7) is 3.71. The minimum Gasteiger partial charge on any atom is -0.487 e. The number of thiazole rings is 1. The lowest BCUT2D eigenvalue weighted by molar-refractivity contribution is 0.0696. The highest BCUT2D eigenvalue weighted by Gasteiger charge is 2.32. The SMILES string of the molecule is Cc1csc(S(=O)(=O)N(CC(C)F)c2cc(C)c(F)cc2OCc2ccc(C(=O)O)cc2)n1. The third kappa shape index (κ3) is 5.66. The van der Waals surface area contributed by atoms with Crippen molar-refractivity contribution < 1.29 is 31.8 Å². The predicted molar refractivity (Wildman–Crippen MR) is 121 cm³/mol. The van der Waals surface area contributed by atoms with Gasteiger partial charge in [0, 0.05) is 17.1 Å². The smallest absolute Gasteiger partial charge is 0.335 e. The summed E-state index contributed by atoms with van der Waals surface area (Å²) in [5.41, 5.74) is 1.31. The monoisotopic (exact) mass is 496 g/mol. The number of benzene rings is 2. The third-order valence-corrected chi connectivity index (χ3v) is 7.76. The molecule has 1 N–H and O–H groups in total. The van der Waals surface area contributed by atoms with Crippen LogP contribution in [0.4, 0.5) is 14.5 Å². The highest BCUT2D eigenvalue weighted by molar-refractivity contribution is 7.94. The lowest BCUT2D eigenvalue weighted by Crippen LogP contribution is -2.36. The highest BCUT2D eigenvalue weighted by Crippen LogP contribution is 2.36. The Hall–Kier alpha value is -3.05. The second-order valence-electron chi connectivity index (χ2n) is 7.43. The maximum Gasteiger partial charge on any atom is 0.335 e. The van der Waals surface area contributed by atoms with Gasteiger partial charge >= 0.3 is 5.97 Å². The van der Waals surface area contributed by atoms with Crippen LogP contribution >= 0.6 is 11.3 Å². The topological polar surface area (TPSA) is 96.8 Å². The lowest BCUT2D eigenvalue weighted by Gasteiger charge is -2.26. The molecular formula is C22H22F2N2O5S2. The van der Waals surface area contributed by atoms with Crippen LogP contribution in [0.25, 0.3) is 0 Å². The van der Waals surface area contributed by atoms with Crippen LogP contribution in [0.1, 0.15) is 34.1 Å². The van der Waals surface area contributed by atoms with E-state index in [0.29, 0.717) is 11.3 Å². The van der Waals surface area contributed by atoms with Crippen LogP contribution in [0.2, 0.25) is 0 Å². The summed E-state index contributed by atoms with van der Waals surface area (Å²) in [5, 5.41) is 10.6. The van der Waals surface area contributed by atoms with Crippen molar-refractivity contribution in [3.63, 3.8) is 0 Å². The molecule has 1 unspecified atom stereocenters. The Kier molecular flexibility index (Phi) is 7.33. The number of alkyl halides is 1. The van der Waals surface area contributed by atoms with Gasteiger partial charge in [-0.05, 0) is 50.1 Å². The number of ether oxygens (including phenoxy) is 1. The third-order valence-electron chi connectivity index (χ3n) is 4.63. The van der Waals surface area contributed by atoms with Gasteiger partial charge in [0.2, 0.25) is 4.34 Å². The summed E-state index contributed by atoms with van der Waals surface area (Å²) in [6.07, 6.45) is -1.53. The van der Waals surface area contributed by atoms with Crippen LogP contribution in [0.5, 0.6) is 5.75 Å². The van der Waals surface area contributed by atoms with Crippen LogP contribution in [0, 0.1) is 19.7 Å². The van der Waals surface area contributed by atoms with Gasteiger partial charge in [0.05, 0.1) is 17.8 Å². The molecule has 33 heavy (non-hydrogen) atoms. The first-order chi connectivity index (χ1) is 15.5. The van der Waals surface area contributed by atoms with E-state index in [4.69, 9.17) is 9.84 Å². The van der Waals surface area contributed by atoms with Crippen LogP contribution < -0.4 is 9.04 Å². The fourth-order valence-electron chi connectivity index (χ4n) is 2.96. The van der Waals surface area contributed by atoms with E-state index in [0.717, 1.165) is 21.7 Å². The summed E-state index contributed by atoms with van der Waals surface area (Å²) < 4.78 is 61.4. The van der Waals surface area contributed by atoms with Crippen LogP contribution in [0.15, 0.2) is 46.1 Å². The molecular weight excluding hydrogens is 474 g/mol. The Balaban J connectivity index is 2.01. The van der Waals surface area contributed by atoms with E-state index in [-0.39, 0.29) is 33.5 Å². The zero-order valence-corrected chi connectivity index (χ0v) is 19.7. The number of rotatable bonds is 9. The molecule has 0 radical (unpaired) electrons. The van der Waals surface area contributed by atoms with Gasteiger partial charge in [0.1, 0.15) is 24.3 Å². The van der Waals surface area contributed by atoms with Gasteiger partial charge in [-0.25, -0.2) is 18.6 Å². The van der Waals surface area contributed by atoms with E-state index in [2.05, 4.69) is 4.98 Å². The molecule has 11 heteroatoms. The Labute approximate surface area is 194 Å². The molecule has 0 aliphatic carbocycles. The minimum absolute atomic E-state index is 0.0200. The van der Waals surface area contributed by atoms with E-state index >= 15 is 0 Å². The second-order valence-corrected chi connectivity index (χ2v) is 10.3. The number of carboxylic acid groups (broad SMARTS) is 1. The Morgan fingerprint density at radius 3 is 2.45 bits per heavy atom. The number of aromatic carboxylic acids is 1. The maximum absolute atomic E-state index is 14.4. The molecule has 7 nitrogen and oxygen atoms in total. The predicted octanol–water partition coefficient (Wildman–Crippen LogP) is 4.73. The van der Waals surface area contributed by atoms with E-state index in [1.165, 1.54) is 44.2 Å². The van der Waals surface area contributed by atoms with Crippen molar-refractivity contribution in [2.24, 2.45) is 0 Å². The lowest BCUT2D eigenvalue weighted by atomic mass is 10.1. The fraction of sp³-hybridized carbons (Fsp3) is 0.273. The second kappa shape index (κ2) is 9.84. The van der Waals surface area contributed by atoms with Crippen LogP contribution in [0.3, 0.4) is 0 Å². The number of nitrogens with zero attached hydrogens (tertiary/aromatic N) is 2. The summed E-state index contributed by atoms with van der Waals surface area (Å²) >= 11 is 0.908. The summed E-state index contributed by atoms with van der Waals surface area (Å²) in [5.74, 6) is -1.80. The summed E-state index contributed by atoms with van der Waals surface area (Å²) in [4.78, 5) is 15.0. The molecule has 0 aliphatic heterocycles. The van der Waals surface area contributed by atoms with Crippen molar-refractivity contribution in [3.8, 4) is 5.75 Å². The highest BCUT2D eigenvalue weighted by atomic mass is 32.2. The van der Waals surface area contributed by atoms with Crippen molar-refractivity contribution in [2.75, 3.05) is 10.8 Å². The largest absolute Gasteiger partial charge is 0.487 e. The average molecular weight is 497 g/mol. The number of hydrogen-bond donors (Lipinski definition) is 1. The van der Waals surface area contributed by atoms with Crippen LogP contribution in [-0.4, -0.2) is 37.2 Å². The number of anilines is 1. The van der Waals surface area contributed by atoms with Crippen molar-refractivity contribution >= 4 is 33.0 Å². The molecule has 0 spiro atoms. The summed E-state index contributed by atoms with van der Waals surface area (Å²) in [6, 6.07) is 8.19. The Morgan fingerprint density at radius 1 is 1.24 bits per heavy atom. The molecule has 0 bridgehead atoms. The number of carbonyl (C=O) groups is 1. The molecule has 176 valence electrons. The Bertz CT molecular complexity index is 1260. The van der Waals surface area contributed by atoms with E-state index in [1.807, 2.05) is 0 Å². The molecule has 0 amide bonds. The van der Waals surface area contributed by atoms with Gasteiger partial charge in [-0.1, -0.05) is 12.1 Å². The number of halogens is 2. The van der Waals surface area contributed by atoms with Gasteiger partial charge < -0.3 is 9.84 Å². The van der Waals surface area contributed by atoms with Crippen molar-refractivity contribution in [1.29, 1.82) is 0 Å². The normalized spacial score (nSPS) is 12.4. The standard InChI is InChI=1S/C22H22F2N2O5S2/c1-13-8-19(26(10-14(2)23)33(29,30)22-25-15(3)12-32-22)20(9-18(13)24)31-11-16-4-6-17(7-5-16)21(27)28/h4-9,12,14H,10-11H2,1-3H3,(H,27,28). The zero-order valence-electron chi connectivity index (χ0n) is 18.1. The number of aryl methyl sites for hydroxylation is 2. The molecule has 0 saturated carbocycles. The van der Waals surface area contributed by atoms with Gasteiger partial charge in [-0.15, -0.1) is 11.3 Å². The first kappa shape index (κ1) is 24.6. The van der Waals surface area contributed by atoms with Crippen molar-refractivity contribution in [2.45, 2.75) is 37.9 Å². The zero-order chi connectivity index (χ0) is 24.3. The minimum atomic E-state index is -4.25. The molecule has 1 atom stereocenters. The van der Waals surface area contributed by atoms with Gasteiger partial charge in [-0.3, -0.25) is 4.31 Å². The van der Waals surface area contributed by atoms with Gasteiger partial charge in [-0.2, -0.15) is 8.42 Å². The average Bonchev–Trinajstić information content (AvgIpc) is 3.20. The first-order valence-corrected chi connectivity index (χ1v) is 12.1. The van der Waals surface area contributed by atoms with E-state index in [1.54, 1.807) is 12.3 Å². The van der Waals surface area contributed by atoms with Gasteiger partial charge in [0.15, 0.2) is 0 Å². The van der Waals surface area contributed by atoms with Crippen molar-refractivity contribution in [1.82, 2.24) is 4.98 Å². The fourth-order valence-corrected chi connectivity index (χ4v) is 5.64. The molecule has 0 saturated heterocycles. The number of carboxylic acids is 1. The van der Waals surface area contributed by atoms with Crippen LogP contribution in [-0.2, 0) is 16.6 Å². The van der Waals surface area contributed by atoms with E-state index < -0.39 is 34.5 Å². The molecule has 0 fully saturated rings. The molecule has 3 rings (SSSR count). The first-order valence-electron chi connectivity index (χ1n) is 9.83. The number of aromatic nitrogens is 1. The number of sulfonamides is 1. The molecule has 2 aromatic carbocycles. The molecule has 1 aromatic heterocycles. The Morgan fingerprint density at radius 2 is 1.91 bits per heavy atom. The molecule has 0 aliphatic rings. The summed E-state index contributed by atoms with van der Waals surface area (Å²) in [7, 11) is -4.25. The quantitative estimate of drug-likeness (QED) is 0.460. The maximum atomic E-state index is 14.4. The van der Waals surface area contributed by atoms with Crippen molar-refractivity contribution in [3.05, 3.63) is 70.0 Å².